The summed E-state index contributed by atoms with van der Waals surface area (Å²) in [5.41, 5.74) is 14.5. The van der Waals surface area contributed by atoms with Crippen LogP contribution in [-0.4, -0.2) is 9.13 Å². The highest BCUT2D eigenvalue weighted by Gasteiger charge is 2.46. The molecule has 0 aliphatic heterocycles. The van der Waals surface area contributed by atoms with Gasteiger partial charge in [0.15, 0.2) is 0 Å². The molecule has 0 fully saturated rings. The van der Waals surface area contributed by atoms with Crippen LogP contribution in [-0.2, 0) is 5.41 Å². The number of fused-ring (bicyclic) bond motifs is 9. The zero-order valence-corrected chi connectivity index (χ0v) is 27.9. The molecule has 0 unspecified atom stereocenters. The van der Waals surface area contributed by atoms with Gasteiger partial charge in [0, 0.05) is 27.2 Å². The molecule has 238 valence electrons. The number of hydrogen-bond donors (Lipinski definition) is 0. The first-order chi connectivity index (χ1) is 25.3. The van der Waals surface area contributed by atoms with E-state index in [1.807, 2.05) is 0 Å². The fourth-order valence-electron chi connectivity index (χ4n) is 9.22. The maximum absolute atomic E-state index is 2.47. The first kappa shape index (κ1) is 28.2. The zero-order valence-electron chi connectivity index (χ0n) is 27.9. The Morgan fingerprint density at radius 3 is 1.51 bits per heavy atom. The van der Waals surface area contributed by atoms with Gasteiger partial charge < -0.3 is 9.13 Å². The molecule has 10 aromatic rings. The summed E-state index contributed by atoms with van der Waals surface area (Å²) in [4.78, 5) is 0. The first-order valence-electron chi connectivity index (χ1n) is 17.7. The summed E-state index contributed by atoms with van der Waals surface area (Å²) in [7, 11) is 0. The SMILES string of the molecule is c1ccc(C2(c3ccccc3)c3ccccc3-c3cc(-n4c5ccccc5c5c(-n6c7ccccc7c7ccccc76)cccc54)ccc32)cc1. The molecule has 8 aromatic carbocycles. The Bertz CT molecular complexity index is 2870. The van der Waals surface area contributed by atoms with E-state index in [4.69, 9.17) is 0 Å². The third-order valence-corrected chi connectivity index (χ3v) is 11.2. The van der Waals surface area contributed by atoms with Crippen molar-refractivity contribution >= 4 is 43.6 Å². The summed E-state index contributed by atoms with van der Waals surface area (Å²) in [5.74, 6) is 0. The molecule has 0 amide bonds. The third kappa shape index (κ3) is 3.76. The van der Waals surface area contributed by atoms with Gasteiger partial charge in [-0.05, 0) is 75.8 Å². The third-order valence-electron chi connectivity index (χ3n) is 11.2. The van der Waals surface area contributed by atoms with Gasteiger partial charge in [-0.3, -0.25) is 0 Å². The van der Waals surface area contributed by atoms with Crippen LogP contribution >= 0.6 is 0 Å². The van der Waals surface area contributed by atoms with Crippen molar-refractivity contribution in [3.63, 3.8) is 0 Å². The van der Waals surface area contributed by atoms with Crippen molar-refractivity contribution in [3.05, 3.63) is 216 Å². The number of aromatic nitrogens is 2. The molecule has 2 nitrogen and oxygen atoms in total. The van der Waals surface area contributed by atoms with Gasteiger partial charge in [-0.15, -0.1) is 0 Å². The van der Waals surface area contributed by atoms with Crippen LogP contribution in [0.15, 0.2) is 194 Å². The lowest BCUT2D eigenvalue weighted by Gasteiger charge is -2.33. The summed E-state index contributed by atoms with van der Waals surface area (Å²) in [5, 5.41) is 5.04. The average molecular weight is 649 g/mol. The first-order valence-corrected chi connectivity index (χ1v) is 17.7. The Labute approximate surface area is 296 Å². The van der Waals surface area contributed by atoms with Gasteiger partial charge in [0.2, 0.25) is 0 Å². The van der Waals surface area contributed by atoms with E-state index in [9.17, 15) is 0 Å². The lowest BCUT2D eigenvalue weighted by molar-refractivity contribution is 0.768. The highest BCUT2D eigenvalue weighted by molar-refractivity contribution is 6.16. The van der Waals surface area contributed by atoms with Crippen LogP contribution in [0.25, 0.3) is 66.1 Å². The number of nitrogens with zero attached hydrogens (tertiary/aromatic N) is 2. The van der Waals surface area contributed by atoms with E-state index in [1.165, 1.54) is 82.7 Å². The Morgan fingerprint density at radius 1 is 0.333 bits per heavy atom. The Hall–Kier alpha value is -6.64. The summed E-state index contributed by atoms with van der Waals surface area (Å²) >= 11 is 0. The van der Waals surface area contributed by atoms with Gasteiger partial charge in [0.05, 0.1) is 33.2 Å². The molecular weight excluding hydrogens is 617 g/mol. The van der Waals surface area contributed by atoms with E-state index >= 15 is 0 Å². The minimum Gasteiger partial charge on any atom is -0.309 e. The van der Waals surface area contributed by atoms with Crippen molar-refractivity contribution in [1.29, 1.82) is 0 Å². The smallest absolute Gasteiger partial charge is 0.0713 e. The van der Waals surface area contributed by atoms with Gasteiger partial charge in [0.1, 0.15) is 0 Å². The van der Waals surface area contributed by atoms with Crippen molar-refractivity contribution < 1.29 is 0 Å². The van der Waals surface area contributed by atoms with Crippen molar-refractivity contribution in [1.82, 2.24) is 9.13 Å². The second kappa shape index (κ2) is 10.7. The van der Waals surface area contributed by atoms with Crippen LogP contribution in [0.1, 0.15) is 22.3 Å². The maximum Gasteiger partial charge on any atom is 0.0713 e. The number of hydrogen-bond acceptors (Lipinski definition) is 0. The Balaban J connectivity index is 1.21. The second-order valence-corrected chi connectivity index (χ2v) is 13.7. The highest BCUT2D eigenvalue weighted by Crippen LogP contribution is 2.56. The molecule has 51 heavy (non-hydrogen) atoms. The molecule has 0 bridgehead atoms. The zero-order chi connectivity index (χ0) is 33.5. The van der Waals surface area contributed by atoms with Crippen LogP contribution in [0.3, 0.4) is 0 Å². The molecule has 2 heteroatoms. The highest BCUT2D eigenvalue weighted by atomic mass is 15.0. The van der Waals surface area contributed by atoms with Crippen molar-refractivity contribution in [2.75, 3.05) is 0 Å². The Kier molecular flexibility index (Phi) is 5.91. The lowest BCUT2D eigenvalue weighted by atomic mass is 9.68. The second-order valence-electron chi connectivity index (χ2n) is 13.7. The number of rotatable bonds is 4. The van der Waals surface area contributed by atoms with Crippen LogP contribution < -0.4 is 0 Å². The molecule has 0 saturated heterocycles. The predicted molar refractivity (Wildman–Crippen MR) is 212 cm³/mol. The normalized spacial score (nSPS) is 13.3. The molecule has 1 aliphatic carbocycles. The van der Waals surface area contributed by atoms with Gasteiger partial charge in [-0.1, -0.05) is 152 Å². The molecular formula is C49H32N2. The molecule has 1 aliphatic rings. The average Bonchev–Trinajstić information content (AvgIpc) is 3.83. The molecule has 0 N–H and O–H groups in total. The van der Waals surface area contributed by atoms with Gasteiger partial charge >= 0.3 is 0 Å². The van der Waals surface area contributed by atoms with Gasteiger partial charge in [-0.25, -0.2) is 0 Å². The molecule has 2 aromatic heterocycles. The number of para-hydroxylation sites is 3. The lowest BCUT2D eigenvalue weighted by Crippen LogP contribution is -2.28. The molecule has 0 spiro atoms. The van der Waals surface area contributed by atoms with Crippen molar-refractivity contribution in [3.8, 4) is 22.5 Å². The fraction of sp³-hybridized carbons (Fsp3) is 0.0204. The molecule has 0 radical (unpaired) electrons. The Morgan fingerprint density at radius 2 is 0.843 bits per heavy atom. The van der Waals surface area contributed by atoms with E-state index in [1.54, 1.807) is 0 Å². The molecule has 11 rings (SSSR count). The predicted octanol–water partition coefficient (Wildman–Crippen LogP) is 12.2. The van der Waals surface area contributed by atoms with Crippen LogP contribution in [0.2, 0.25) is 0 Å². The van der Waals surface area contributed by atoms with Crippen molar-refractivity contribution in [2.24, 2.45) is 0 Å². The topological polar surface area (TPSA) is 9.86 Å². The summed E-state index contributed by atoms with van der Waals surface area (Å²) in [6.07, 6.45) is 0. The summed E-state index contributed by atoms with van der Waals surface area (Å²) < 4.78 is 4.92. The molecule has 0 saturated carbocycles. The maximum atomic E-state index is 2.47. The summed E-state index contributed by atoms with van der Waals surface area (Å²) in [6, 6.07) is 71.4. The van der Waals surface area contributed by atoms with Crippen LogP contribution in [0, 0.1) is 0 Å². The number of benzene rings is 8. The van der Waals surface area contributed by atoms with E-state index in [2.05, 4.69) is 203 Å². The monoisotopic (exact) mass is 648 g/mol. The molecule has 2 heterocycles. The fourth-order valence-corrected chi connectivity index (χ4v) is 9.22. The largest absolute Gasteiger partial charge is 0.309 e. The van der Waals surface area contributed by atoms with Gasteiger partial charge in [-0.2, -0.15) is 0 Å². The minimum atomic E-state index is -0.419. The van der Waals surface area contributed by atoms with E-state index in [0.717, 1.165) is 5.69 Å². The van der Waals surface area contributed by atoms with E-state index < -0.39 is 5.41 Å². The van der Waals surface area contributed by atoms with Crippen molar-refractivity contribution in [2.45, 2.75) is 5.41 Å². The minimum absolute atomic E-state index is 0.419. The molecule has 0 atom stereocenters. The summed E-state index contributed by atoms with van der Waals surface area (Å²) in [6.45, 7) is 0. The standard InChI is InChI=1S/C49H32N2/c1-3-16-33(17-4-1)49(34-18-5-2-6-19-34)41-24-11-7-20-36(41)40-32-35(30-31-42(40)49)50-45-27-14-10-23-39(45)48-46(50)28-15-29-47(48)51-43-25-12-8-21-37(43)38-22-9-13-26-44(38)51/h1-32H. The van der Waals surface area contributed by atoms with Gasteiger partial charge in [0.25, 0.3) is 0 Å². The van der Waals surface area contributed by atoms with Crippen LogP contribution in [0.4, 0.5) is 0 Å². The quantitative estimate of drug-likeness (QED) is 0.180. The van der Waals surface area contributed by atoms with Crippen LogP contribution in [0.5, 0.6) is 0 Å². The van der Waals surface area contributed by atoms with E-state index in [0.29, 0.717) is 0 Å². The van der Waals surface area contributed by atoms with E-state index in [-0.39, 0.29) is 0 Å².